The van der Waals surface area contributed by atoms with Gasteiger partial charge in [0.2, 0.25) is 0 Å². The predicted octanol–water partition coefficient (Wildman–Crippen LogP) is 2.17. The van der Waals surface area contributed by atoms with E-state index in [0.29, 0.717) is 17.7 Å². The molecule has 0 unspecified atom stereocenters. The second kappa shape index (κ2) is 7.86. The lowest BCUT2D eigenvalue weighted by Gasteiger charge is -2.08. The average molecular weight is 368 g/mol. The number of carbonyl (C=O) groups excluding carboxylic acids is 2. The first-order chi connectivity index (χ1) is 13.0. The van der Waals surface area contributed by atoms with Crippen LogP contribution in [0, 0.1) is 6.92 Å². The summed E-state index contributed by atoms with van der Waals surface area (Å²) in [4.78, 5) is 36.3. The highest BCUT2D eigenvalue weighted by Crippen LogP contribution is 2.24. The van der Waals surface area contributed by atoms with Crippen LogP contribution in [0.1, 0.15) is 46.4 Å². The van der Waals surface area contributed by atoms with Crippen LogP contribution in [-0.2, 0) is 6.54 Å². The van der Waals surface area contributed by atoms with Gasteiger partial charge in [-0.25, -0.2) is 4.68 Å². The molecule has 0 bridgehead atoms. The van der Waals surface area contributed by atoms with Gasteiger partial charge in [-0.05, 0) is 25.5 Å². The highest BCUT2D eigenvalue weighted by atomic mass is 16.3. The lowest BCUT2D eigenvalue weighted by atomic mass is 10.1. The maximum Gasteiger partial charge on any atom is 0.305 e. The number of aromatic nitrogens is 2. The number of fused-ring (bicyclic) bond motifs is 1. The van der Waals surface area contributed by atoms with Crippen LogP contribution in [-0.4, -0.2) is 21.6 Å². The lowest BCUT2D eigenvalue weighted by Crippen LogP contribution is -2.42. The Morgan fingerprint density at radius 2 is 1.85 bits per heavy atom. The Labute approximate surface area is 155 Å². The van der Waals surface area contributed by atoms with E-state index in [1.165, 1.54) is 16.8 Å². The molecule has 2 aromatic heterocycles. The number of unbranched alkanes of at least 4 members (excludes halogenated alkanes) is 1. The average Bonchev–Trinajstić information content (AvgIpc) is 3.02. The van der Waals surface area contributed by atoms with E-state index in [-0.39, 0.29) is 17.0 Å². The highest BCUT2D eigenvalue weighted by molar-refractivity contribution is 6.00. The van der Waals surface area contributed by atoms with Gasteiger partial charge >= 0.3 is 5.91 Å². The van der Waals surface area contributed by atoms with E-state index in [2.05, 4.69) is 16.0 Å². The quantitative estimate of drug-likeness (QED) is 0.671. The number of para-hydroxylation sites is 1. The number of hydrazine groups is 1. The smallest absolute Gasteiger partial charge is 0.305 e. The van der Waals surface area contributed by atoms with Crippen molar-refractivity contribution in [3.63, 3.8) is 0 Å². The monoisotopic (exact) mass is 368 g/mol. The normalized spacial score (nSPS) is 10.7. The number of aryl methyl sites for hydroxylation is 2. The molecule has 0 aliphatic heterocycles. The van der Waals surface area contributed by atoms with E-state index in [1.54, 1.807) is 13.0 Å². The molecule has 27 heavy (non-hydrogen) atoms. The molecule has 2 heterocycles. The van der Waals surface area contributed by atoms with Crippen molar-refractivity contribution >= 4 is 22.8 Å². The van der Waals surface area contributed by atoms with Crippen molar-refractivity contribution in [3.05, 3.63) is 63.8 Å². The molecule has 0 fully saturated rings. The van der Waals surface area contributed by atoms with E-state index < -0.39 is 11.8 Å². The summed E-state index contributed by atoms with van der Waals surface area (Å²) in [5.41, 5.74) is 5.65. The lowest BCUT2D eigenvalue weighted by molar-refractivity contribution is 0.0828. The molecular formula is C19H20N4O4. The first-order valence-corrected chi connectivity index (χ1v) is 8.68. The molecule has 0 saturated heterocycles. The van der Waals surface area contributed by atoms with Crippen molar-refractivity contribution in [2.24, 2.45) is 0 Å². The van der Waals surface area contributed by atoms with Gasteiger partial charge in [0.1, 0.15) is 5.58 Å². The van der Waals surface area contributed by atoms with E-state index >= 15 is 0 Å². The number of rotatable bonds is 5. The highest BCUT2D eigenvalue weighted by Gasteiger charge is 2.18. The molecule has 1 aromatic carbocycles. The molecule has 0 saturated carbocycles. The number of carbonyl (C=O) groups is 2. The summed E-state index contributed by atoms with van der Waals surface area (Å²) in [6.45, 7) is 4.20. The van der Waals surface area contributed by atoms with Gasteiger partial charge in [-0.1, -0.05) is 31.5 Å². The summed E-state index contributed by atoms with van der Waals surface area (Å²) in [6.07, 6.45) is 1.68. The third kappa shape index (κ3) is 3.89. The van der Waals surface area contributed by atoms with Crippen LogP contribution in [0.3, 0.4) is 0 Å². The minimum absolute atomic E-state index is 0.0346. The molecule has 2 amide bonds. The SMILES string of the molecule is CCCCn1nc(C(=O)NNC(=O)c2oc3ccccc3c2C)ccc1=O. The number of furan rings is 1. The Kier molecular flexibility index (Phi) is 5.35. The Bertz CT molecular complexity index is 1050. The molecule has 8 nitrogen and oxygen atoms in total. The summed E-state index contributed by atoms with van der Waals surface area (Å²) in [7, 11) is 0. The van der Waals surface area contributed by atoms with Gasteiger partial charge in [0, 0.05) is 23.6 Å². The molecule has 0 radical (unpaired) electrons. The summed E-state index contributed by atoms with van der Waals surface area (Å²) < 4.78 is 6.79. The number of hydrogen-bond donors (Lipinski definition) is 2. The minimum Gasteiger partial charge on any atom is -0.451 e. The number of nitrogens with one attached hydrogen (secondary N) is 2. The maximum atomic E-state index is 12.3. The topological polar surface area (TPSA) is 106 Å². The van der Waals surface area contributed by atoms with Crippen LogP contribution in [0.2, 0.25) is 0 Å². The molecule has 140 valence electrons. The number of nitrogens with zero attached hydrogens (tertiary/aromatic N) is 2. The van der Waals surface area contributed by atoms with Gasteiger partial charge in [0.05, 0.1) is 0 Å². The van der Waals surface area contributed by atoms with Gasteiger partial charge in [0.25, 0.3) is 11.5 Å². The van der Waals surface area contributed by atoms with Crippen LogP contribution in [0.15, 0.2) is 45.6 Å². The second-order valence-corrected chi connectivity index (χ2v) is 6.09. The van der Waals surface area contributed by atoms with Crippen molar-refractivity contribution in [3.8, 4) is 0 Å². The second-order valence-electron chi connectivity index (χ2n) is 6.09. The Balaban J connectivity index is 1.70. The zero-order valence-corrected chi connectivity index (χ0v) is 15.1. The molecule has 2 N–H and O–H groups in total. The van der Waals surface area contributed by atoms with Crippen molar-refractivity contribution in [1.29, 1.82) is 0 Å². The standard InChI is InChI=1S/C19H20N4O4/c1-3-4-11-23-16(24)10-9-14(22-23)18(25)20-21-19(26)17-12(2)13-7-5-6-8-15(13)27-17/h5-10H,3-4,11H2,1-2H3,(H,20,25)(H,21,26). The first-order valence-electron chi connectivity index (χ1n) is 8.68. The fourth-order valence-corrected chi connectivity index (χ4v) is 2.66. The molecule has 3 aromatic rings. The molecule has 0 atom stereocenters. The summed E-state index contributed by atoms with van der Waals surface area (Å²) >= 11 is 0. The van der Waals surface area contributed by atoms with E-state index in [1.807, 2.05) is 25.1 Å². The molecule has 8 heteroatoms. The van der Waals surface area contributed by atoms with Crippen molar-refractivity contribution in [2.75, 3.05) is 0 Å². The van der Waals surface area contributed by atoms with Gasteiger partial charge in [0.15, 0.2) is 11.5 Å². The molecule has 0 aliphatic rings. The molecule has 0 aliphatic carbocycles. The Morgan fingerprint density at radius 3 is 2.59 bits per heavy atom. The number of benzene rings is 1. The van der Waals surface area contributed by atoms with Gasteiger partial charge in [-0.2, -0.15) is 5.10 Å². The minimum atomic E-state index is -0.623. The van der Waals surface area contributed by atoms with Crippen LogP contribution in [0.5, 0.6) is 0 Å². The summed E-state index contributed by atoms with van der Waals surface area (Å²) in [5.74, 6) is -1.07. The van der Waals surface area contributed by atoms with Crippen molar-refractivity contribution < 1.29 is 14.0 Å². The van der Waals surface area contributed by atoms with E-state index in [0.717, 1.165) is 18.2 Å². The van der Waals surface area contributed by atoms with Crippen molar-refractivity contribution in [1.82, 2.24) is 20.6 Å². The largest absolute Gasteiger partial charge is 0.451 e. The first kappa shape index (κ1) is 18.4. The van der Waals surface area contributed by atoms with Gasteiger partial charge < -0.3 is 4.42 Å². The molecule has 0 spiro atoms. The summed E-state index contributed by atoms with van der Waals surface area (Å²) in [5, 5.41) is 4.86. The third-order valence-corrected chi connectivity index (χ3v) is 4.16. The van der Waals surface area contributed by atoms with Crippen LogP contribution in [0.25, 0.3) is 11.0 Å². The molecular weight excluding hydrogens is 348 g/mol. The Morgan fingerprint density at radius 1 is 1.11 bits per heavy atom. The van der Waals surface area contributed by atoms with Crippen LogP contribution >= 0.6 is 0 Å². The van der Waals surface area contributed by atoms with Gasteiger partial charge in [-0.3, -0.25) is 25.2 Å². The van der Waals surface area contributed by atoms with Gasteiger partial charge in [-0.15, -0.1) is 0 Å². The number of hydrogen-bond acceptors (Lipinski definition) is 5. The van der Waals surface area contributed by atoms with Crippen molar-refractivity contribution in [2.45, 2.75) is 33.2 Å². The van der Waals surface area contributed by atoms with Crippen LogP contribution < -0.4 is 16.4 Å². The van der Waals surface area contributed by atoms with E-state index in [9.17, 15) is 14.4 Å². The zero-order valence-electron chi connectivity index (χ0n) is 15.1. The Hall–Kier alpha value is -3.42. The molecule has 3 rings (SSSR count). The predicted molar refractivity (Wildman–Crippen MR) is 99.3 cm³/mol. The third-order valence-electron chi connectivity index (χ3n) is 4.16. The fourth-order valence-electron chi connectivity index (χ4n) is 2.66. The van der Waals surface area contributed by atoms with Crippen LogP contribution in [0.4, 0.5) is 0 Å². The summed E-state index contributed by atoms with van der Waals surface area (Å²) in [6, 6.07) is 9.89. The zero-order chi connectivity index (χ0) is 19.4. The number of amides is 2. The maximum absolute atomic E-state index is 12.3. The van der Waals surface area contributed by atoms with E-state index in [4.69, 9.17) is 4.42 Å². The fraction of sp³-hybridized carbons (Fsp3) is 0.263.